The minimum atomic E-state index is -2.99. The van der Waals surface area contributed by atoms with Gasteiger partial charge in [0, 0.05) is 63.7 Å². The number of rotatable bonds is 14. The molecule has 2 aromatic rings. The van der Waals surface area contributed by atoms with Crippen molar-refractivity contribution in [2.75, 3.05) is 44.4 Å². The van der Waals surface area contributed by atoms with Gasteiger partial charge in [0.2, 0.25) is 5.91 Å². The molecule has 2 saturated heterocycles. The van der Waals surface area contributed by atoms with Gasteiger partial charge >= 0.3 is 0 Å². The molecule has 9 nitrogen and oxygen atoms in total. The first-order valence-corrected chi connectivity index (χ1v) is 17.6. The van der Waals surface area contributed by atoms with Crippen molar-refractivity contribution >= 4 is 48.9 Å². The quantitative estimate of drug-likeness (QED) is 0.320. The van der Waals surface area contributed by atoms with E-state index in [0.717, 1.165) is 34.5 Å². The van der Waals surface area contributed by atoms with Crippen LogP contribution in [0.25, 0.3) is 10.2 Å². The number of aromatic nitrogens is 1. The predicted molar refractivity (Wildman–Crippen MR) is 165 cm³/mol. The summed E-state index contributed by atoms with van der Waals surface area (Å²) in [4.78, 5) is 45.6. The molecule has 0 aliphatic carbocycles. The van der Waals surface area contributed by atoms with Crippen molar-refractivity contribution in [3.05, 3.63) is 40.9 Å². The fourth-order valence-corrected chi connectivity index (χ4v) is 8.10. The number of hydrogen-bond acceptors (Lipinski definition) is 9. The van der Waals surface area contributed by atoms with Crippen LogP contribution in [0.4, 0.5) is 0 Å². The second-order valence-corrected chi connectivity index (χ2v) is 15.0. The molecule has 1 amide bonds. The normalized spacial score (nSPS) is 19.3. The van der Waals surface area contributed by atoms with Crippen molar-refractivity contribution < 1.29 is 27.5 Å². The van der Waals surface area contributed by atoms with Gasteiger partial charge in [-0.15, -0.1) is 11.3 Å². The van der Waals surface area contributed by atoms with Crippen LogP contribution in [-0.2, 0) is 41.8 Å². The topological polar surface area (TPSA) is 123 Å². The number of carbonyl (C=O) groups excluding carboxylic acids is 3. The molecular formula is C31H43N3O6S2. The molecule has 4 rings (SSSR count). The van der Waals surface area contributed by atoms with E-state index in [9.17, 15) is 22.8 Å². The molecule has 42 heavy (non-hydrogen) atoms. The van der Waals surface area contributed by atoms with E-state index in [0.29, 0.717) is 51.3 Å². The van der Waals surface area contributed by atoms with Crippen molar-refractivity contribution in [1.82, 2.24) is 15.2 Å². The number of Topliss-reactive ketones (excluding diaryl/α,β-unsaturated/α-hetero) is 2. The molecule has 11 heteroatoms. The Hall–Kier alpha value is -2.47. The second-order valence-electron chi connectivity index (χ2n) is 11.6. The fourth-order valence-electron chi connectivity index (χ4n) is 5.71. The minimum absolute atomic E-state index is 0.0517. The average Bonchev–Trinajstić information content (AvgIpc) is 3.37. The number of carbonyl (C=O) groups is 3. The van der Waals surface area contributed by atoms with Gasteiger partial charge in [0.05, 0.1) is 32.6 Å². The highest BCUT2D eigenvalue weighted by molar-refractivity contribution is 7.91. The van der Waals surface area contributed by atoms with Gasteiger partial charge in [0.1, 0.15) is 5.78 Å². The predicted octanol–water partition coefficient (Wildman–Crippen LogP) is 3.54. The van der Waals surface area contributed by atoms with Crippen molar-refractivity contribution in [3.63, 3.8) is 0 Å². The Labute approximate surface area is 253 Å². The Morgan fingerprint density at radius 1 is 1.19 bits per heavy atom. The van der Waals surface area contributed by atoms with Crippen LogP contribution >= 0.6 is 11.3 Å². The number of benzene rings is 1. The summed E-state index contributed by atoms with van der Waals surface area (Å²) in [6.07, 6.45) is 3.73. The first kappa shape index (κ1) is 32.4. The van der Waals surface area contributed by atoms with Gasteiger partial charge in [-0.3, -0.25) is 14.5 Å². The highest BCUT2D eigenvalue weighted by atomic mass is 32.2. The Morgan fingerprint density at radius 3 is 2.57 bits per heavy atom. The number of sulfone groups is 1. The van der Waals surface area contributed by atoms with Gasteiger partial charge in [-0.25, -0.2) is 13.4 Å². The zero-order valence-electron chi connectivity index (χ0n) is 24.7. The summed E-state index contributed by atoms with van der Waals surface area (Å²) < 4.78 is 30.1. The van der Waals surface area contributed by atoms with Crippen LogP contribution in [0.2, 0.25) is 0 Å². The summed E-state index contributed by atoms with van der Waals surface area (Å²) in [6, 6.07) is 5.98. The zero-order valence-corrected chi connectivity index (χ0v) is 26.4. The maximum atomic E-state index is 13.7. The first-order chi connectivity index (χ1) is 20.0. The summed E-state index contributed by atoms with van der Waals surface area (Å²) in [7, 11) is -2.99. The number of amides is 1. The Morgan fingerprint density at radius 2 is 1.90 bits per heavy atom. The zero-order chi connectivity index (χ0) is 30.3. The largest absolute Gasteiger partial charge is 0.381 e. The summed E-state index contributed by atoms with van der Waals surface area (Å²) in [5, 5.41) is 4.05. The lowest BCUT2D eigenvalue weighted by Gasteiger charge is -2.32. The van der Waals surface area contributed by atoms with E-state index in [1.807, 2.05) is 11.0 Å². The van der Waals surface area contributed by atoms with E-state index in [-0.39, 0.29) is 53.8 Å². The third kappa shape index (κ3) is 9.26. The SMILES string of the molecule is C=C(CN1CCS(=O)(=O)CC1)C(=O)CC[C@@H](NC(=O)[C@@H](CC(C)=O)Cc1nc2ccc(CC)cc2s1)C1CCOCC1. The van der Waals surface area contributed by atoms with Crippen LogP contribution in [-0.4, -0.2) is 86.2 Å². The first-order valence-electron chi connectivity index (χ1n) is 14.9. The lowest BCUT2D eigenvalue weighted by Crippen LogP contribution is -2.46. The molecule has 0 bridgehead atoms. The van der Waals surface area contributed by atoms with Gasteiger partial charge in [0.15, 0.2) is 15.6 Å². The van der Waals surface area contributed by atoms with Crippen LogP contribution in [0.1, 0.15) is 56.5 Å². The van der Waals surface area contributed by atoms with Gasteiger partial charge in [0.25, 0.3) is 0 Å². The summed E-state index contributed by atoms with van der Waals surface area (Å²) in [6.45, 7) is 9.97. The number of ketones is 2. The third-order valence-electron chi connectivity index (χ3n) is 8.32. The van der Waals surface area contributed by atoms with Crippen LogP contribution < -0.4 is 5.32 Å². The molecule has 2 aliphatic heterocycles. The standard InChI is InChI=1S/C31H43N3O6S2/c1-4-23-5-6-27-29(18-23)41-30(32-27)19-25(17-22(3)35)31(37)33-26(24-9-13-40-14-10-24)7-8-28(36)21(2)20-34-11-15-42(38,39)16-12-34/h5-6,18,24-26H,2,4,7-17,19-20H2,1,3H3,(H,33,37)/t25-,26+/m0/s1. The number of nitrogens with one attached hydrogen (secondary N) is 1. The Balaban J connectivity index is 1.40. The molecule has 0 radical (unpaired) electrons. The highest BCUT2D eigenvalue weighted by Gasteiger charge is 2.30. The summed E-state index contributed by atoms with van der Waals surface area (Å²) in [5.74, 6) is -0.480. The average molecular weight is 618 g/mol. The molecule has 1 N–H and O–H groups in total. The summed E-state index contributed by atoms with van der Waals surface area (Å²) >= 11 is 1.57. The second kappa shape index (κ2) is 14.8. The van der Waals surface area contributed by atoms with Crippen LogP contribution in [0, 0.1) is 11.8 Å². The molecule has 2 aliphatic rings. The van der Waals surface area contributed by atoms with Crippen molar-refractivity contribution in [2.24, 2.45) is 11.8 Å². The Bertz CT molecular complexity index is 1380. The smallest absolute Gasteiger partial charge is 0.224 e. The highest BCUT2D eigenvalue weighted by Crippen LogP contribution is 2.28. The third-order valence-corrected chi connectivity index (χ3v) is 11.0. The van der Waals surface area contributed by atoms with Gasteiger partial charge in [-0.1, -0.05) is 19.6 Å². The number of thiazole rings is 1. The van der Waals surface area contributed by atoms with Crippen molar-refractivity contribution in [1.29, 1.82) is 0 Å². The molecule has 1 aromatic carbocycles. The molecule has 3 heterocycles. The number of hydrogen-bond donors (Lipinski definition) is 1. The monoisotopic (exact) mass is 617 g/mol. The van der Waals surface area contributed by atoms with Crippen molar-refractivity contribution in [2.45, 2.75) is 64.8 Å². The molecule has 0 spiro atoms. The van der Waals surface area contributed by atoms with Crippen molar-refractivity contribution in [3.8, 4) is 0 Å². The molecule has 0 unspecified atom stereocenters. The number of nitrogens with zero attached hydrogens (tertiary/aromatic N) is 2. The maximum absolute atomic E-state index is 13.7. The van der Waals surface area contributed by atoms with Crippen LogP contribution in [0.3, 0.4) is 0 Å². The van der Waals surface area contributed by atoms with E-state index in [1.54, 1.807) is 11.3 Å². The van der Waals surface area contributed by atoms with E-state index in [4.69, 9.17) is 9.72 Å². The Kier molecular flexibility index (Phi) is 11.4. The number of aryl methyl sites for hydroxylation is 1. The molecule has 230 valence electrons. The fraction of sp³-hybridized carbons (Fsp3) is 0.613. The van der Waals surface area contributed by atoms with Crippen LogP contribution in [0.5, 0.6) is 0 Å². The maximum Gasteiger partial charge on any atom is 0.224 e. The minimum Gasteiger partial charge on any atom is -0.381 e. The van der Waals surface area contributed by atoms with E-state index >= 15 is 0 Å². The van der Waals surface area contributed by atoms with E-state index in [1.165, 1.54) is 12.5 Å². The molecule has 0 saturated carbocycles. The molecule has 1 aromatic heterocycles. The number of fused-ring (bicyclic) bond motifs is 1. The summed E-state index contributed by atoms with van der Waals surface area (Å²) in [5.41, 5.74) is 2.60. The molecule has 2 fully saturated rings. The molecular weight excluding hydrogens is 574 g/mol. The lowest BCUT2D eigenvalue weighted by molar-refractivity contribution is -0.130. The van der Waals surface area contributed by atoms with Gasteiger partial charge < -0.3 is 14.8 Å². The van der Waals surface area contributed by atoms with Gasteiger partial charge in [-0.2, -0.15) is 0 Å². The van der Waals surface area contributed by atoms with Gasteiger partial charge in [-0.05, 0) is 56.2 Å². The molecule has 2 atom stereocenters. The van der Waals surface area contributed by atoms with E-state index in [2.05, 4.69) is 31.0 Å². The number of ether oxygens (including phenoxy) is 1. The van der Waals surface area contributed by atoms with E-state index < -0.39 is 15.8 Å². The van der Waals surface area contributed by atoms with Crippen LogP contribution in [0.15, 0.2) is 30.4 Å². The lowest BCUT2D eigenvalue weighted by atomic mass is 9.87.